The minimum absolute atomic E-state index is 0.193. The molecular formula is C23H31N3O4S2. The van der Waals surface area contributed by atoms with E-state index in [0.29, 0.717) is 36.9 Å². The summed E-state index contributed by atoms with van der Waals surface area (Å²) in [5.74, 6) is -0.193. The van der Waals surface area contributed by atoms with Gasteiger partial charge in [-0.25, -0.2) is 8.42 Å². The van der Waals surface area contributed by atoms with Crippen LogP contribution in [-0.4, -0.2) is 58.0 Å². The van der Waals surface area contributed by atoms with Gasteiger partial charge in [0, 0.05) is 31.1 Å². The molecule has 0 aliphatic carbocycles. The molecule has 0 bridgehead atoms. The van der Waals surface area contributed by atoms with Gasteiger partial charge in [-0.15, -0.1) is 11.3 Å². The van der Waals surface area contributed by atoms with Crippen molar-refractivity contribution in [2.24, 2.45) is 0 Å². The number of hydrogen-bond acceptors (Lipinski definition) is 6. The second kappa shape index (κ2) is 9.91. The van der Waals surface area contributed by atoms with Gasteiger partial charge in [0.25, 0.3) is 5.91 Å². The van der Waals surface area contributed by atoms with Crippen molar-refractivity contribution in [2.45, 2.75) is 44.4 Å². The Hall–Kier alpha value is -1.94. The van der Waals surface area contributed by atoms with Gasteiger partial charge in [0.1, 0.15) is 0 Å². The van der Waals surface area contributed by atoms with Crippen molar-refractivity contribution in [3.63, 3.8) is 0 Å². The van der Waals surface area contributed by atoms with Gasteiger partial charge in [-0.1, -0.05) is 13.3 Å². The van der Waals surface area contributed by atoms with E-state index in [1.54, 1.807) is 12.1 Å². The van der Waals surface area contributed by atoms with E-state index in [-0.39, 0.29) is 10.8 Å². The Kier molecular flexibility index (Phi) is 7.19. The van der Waals surface area contributed by atoms with Gasteiger partial charge in [-0.3, -0.25) is 4.79 Å². The first-order valence-electron chi connectivity index (χ1n) is 11.3. The molecule has 3 heterocycles. The van der Waals surface area contributed by atoms with Gasteiger partial charge in [-0.2, -0.15) is 4.31 Å². The number of nitrogens with zero attached hydrogens (tertiary/aromatic N) is 2. The number of hydrogen-bond donors (Lipinski definition) is 1. The molecule has 1 aromatic heterocycles. The summed E-state index contributed by atoms with van der Waals surface area (Å²) in [6, 6.07) is 7.06. The fourth-order valence-corrected chi connectivity index (χ4v) is 6.68. The van der Waals surface area contributed by atoms with Gasteiger partial charge < -0.3 is 15.0 Å². The Morgan fingerprint density at radius 3 is 2.53 bits per heavy atom. The number of ether oxygens (including phenoxy) is 1. The van der Waals surface area contributed by atoms with E-state index in [2.05, 4.69) is 17.1 Å². The van der Waals surface area contributed by atoms with Crippen LogP contribution >= 0.6 is 11.3 Å². The zero-order valence-corrected chi connectivity index (χ0v) is 20.4. The van der Waals surface area contributed by atoms with E-state index >= 15 is 0 Å². The van der Waals surface area contributed by atoms with Gasteiger partial charge >= 0.3 is 0 Å². The molecule has 2 aromatic rings. The topological polar surface area (TPSA) is 79.0 Å². The van der Waals surface area contributed by atoms with Crippen molar-refractivity contribution in [1.82, 2.24) is 4.31 Å². The van der Waals surface area contributed by atoms with Crippen molar-refractivity contribution in [1.29, 1.82) is 0 Å². The highest BCUT2D eigenvalue weighted by Gasteiger charge is 2.28. The standard InChI is InChI=1S/C23H31N3O4S2/c1-3-6-18-15-22(31-17(18)2)23(27)24-20-16-19(7-8-21(20)25-9-4-5-10-25)32(28,29)26-11-13-30-14-12-26/h7-8,15-16H,3-6,9-14H2,1-2H3,(H,24,27). The van der Waals surface area contributed by atoms with E-state index in [0.717, 1.165) is 49.3 Å². The van der Waals surface area contributed by atoms with E-state index in [1.165, 1.54) is 21.2 Å². The van der Waals surface area contributed by atoms with Gasteiger partial charge in [-0.05, 0) is 56.0 Å². The zero-order valence-electron chi connectivity index (χ0n) is 18.7. The van der Waals surface area contributed by atoms with Crippen LogP contribution in [-0.2, 0) is 21.2 Å². The molecule has 9 heteroatoms. The van der Waals surface area contributed by atoms with Crippen LogP contribution in [0.5, 0.6) is 0 Å². The van der Waals surface area contributed by atoms with Crippen molar-refractivity contribution in [3.05, 3.63) is 39.6 Å². The molecule has 2 fully saturated rings. The third kappa shape index (κ3) is 4.85. The number of sulfonamides is 1. The van der Waals surface area contributed by atoms with E-state index in [4.69, 9.17) is 4.74 Å². The smallest absolute Gasteiger partial charge is 0.265 e. The molecular weight excluding hydrogens is 446 g/mol. The van der Waals surface area contributed by atoms with Crippen LogP contribution < -0.4 is 10.2 Å². The average molecular weight is 478 g/mol. The van der Waals surface area contributed by atoms with Crippen LogP contribution in [0.15, 0.2) is 29.2 Å². The van der Waals surface area contributed by atoms with Crippen molar-refractivity contribution >= 4 is 38.6 Å². The third-order valence-corrected chi connectivity index (χ3v) is 9.02. The third-order valence-electron chi connectivity index (χ3n) is 6.03. The zero-order chi connectivity index (χ0) is 22.7. The Morgan fingerprint density at radius 1 is 1.12 bits per heavy atom. The average Bonchev–Trinajstić information content (AvgIpc) is 3.45. The van der Waals surface area contributed by atoms with Crippen molar-refractivity contribution in [3.8, 4) is 0 Å². The summed E-state index contributed by atoms with van der Waals surface area (Å²) in [6.45, 7) is 7.43. The maximum Gasteiger partial charge on any atom is 0.265 e. The van der Waals surface area contributed by atoms with Crippen LogP contribution in [0, 0.1) is 6.92 Å². The number of thiophene rings is 1. The molecule has 7 nitrogen and oxygen atoms in total. The maximum atomic E-state index is 13.2. The minimum atomic E-state index is -3.65. The molecule has 0 saturated carbocycles. The fourth-order valence-electron chi connectivity index (χ4n) is 4.28. The van der Waals surface area contributed by atoms with Crippen LogP contribution in [0.25, 0.3) is 0 Å². The van der Waals surface area contributed by atoms with Crippen LogP contribution in [0.2, 0.25) is 0 Å². The Balaban J connectivity index is 1.65. The highest BCUT2D eigenvalue weighted by molar-refractivity contribution is 7.89. The lowest BCUT2D eigenvalue weighted by atomic mass is 10.1. The van der Waals surface area contributed by atoms with Gasteiger partial charge in [0.2, 0.25) is 10.0 Å². The summed E-state index contributed by atoms with van der Waals surface area (Å²) in [5.41, 5.74) is 2.62. The number of anilines is 2. The predicted octanol–water partition coefficient (Wildman–Crippen LogP) is 3.88. The quantitative estimate of drug-likeness (QED) is 0.655. The maximum absolute atomic E-state index is 13.2. The number of amides is 1. The summed E-state index contributed by atoms with van der Waals surface area (Å²) in [5, 5.41) is 3.02. The molecule has 174 valence electrons. The normalized spacial score (nSPS) is 17.6. The number of rotatable bonds is 7. The minimum Gasteiger partial charge on any atom is -0.379 e. The lowest BCUT2D eigenvalue weighted by molar-refractivity contribution is 0.0730. The van der Waals surface area contributed by atoms with Crippen LogP contribution in [0.4, 0.5) is 11.4 Å². The number of aryl methyl sites for hydroxylation is 2. The molecule has 1 aromatic carbocycles. The summed E-state index contributed by atoms with van der Waals surface area (Å²) in [6.07, 6.45) is 4.15. The number of benzene rings is 1. The van der Waals surface area contributed by atoms with E-state index in [1.807, 2.05) is 19.1 Å². The van der Waals surface area contributed by atoms with Crippen molar-refractivity contribution < 1.29 is 17.9 Å². The fraction of sp³-hybridized carbons (Fsp3) is 0.522. The summed E-state index contributed by atoms with van der Waals surface area (Å²) in [4.78, 5) is 17.3. The molecule has 2 aliphatic heterocycles. The highest BCUT2D eigenvalue weighted by atomic mass is 32.2. The number of morpholine rings is 1. The Morgan fingerprint density at radius 2 is 1.84 bits per heavy atom. The van der Waals surface area contributed by atoms with E-state index in [9.17, 15) is 13.2 Å². The van der Waals surface area contributed by atoms with Crippen molar-refractivity contribution in [2.75, 3.05) is 49.6 Å². The summed E-state index contributed by atoms with van der Waals surface area (Å²) >= 11 is 1.49. The molecule has 4 rings (SSSR count). The largest absolute Gasteiger partial charge is 0.379 e. The first-order valence-corrected chi connectivity index (χ1v) is 13.5. The molecule has 0 unspecified atom stereocenters. The molecule has 0 radical (unpaired) electrons. The number of carbonyl (C=O) groups is 1. The Bertz CT molecular complexity index is 1070. The first kappa shape index (κ1) is 23.2. The highest BCUT2D eigenvalue weighted by Crippen LogP contribution is 2.33. The molecule has 0 spiro atoms. The lowest BCUT2D eigenvalue weighted by Crippen LogP contribution is -2.40. The SMILES string of the molecule is CCCc1cc(C(=O)Nc2cc(S(=O)(=O)N3CCOCC3)ccc2N2CCCC2)sc1C. The predicted molar refractivity (Wildman–Crippen MR) is 128 cm³/mol. The second-order valence-electron chi connectivity index (χ2n) is 8.29. The molecule has 1 amide bonds. The Labute approximate surface area is 194 Å². The molecule has 2 aliphatic rings. The van der Waals surface area contributed by atoms with Gasteiger partial charge in [0.15, 0.2) is 0 Å². The molecule has 2 saturated heterocycles. The number of nitrogens with one attached hydrogen (secondary N) is 1. The van der Waals surface area contributed by atoms with Crippen LogP contribution in [0.1, 0.15) is 46.3 Å². The van der Waals surface area contributed by atoms with Gasteiger partial charge in [0.05, 0.1) is 34.4 Å². The number of carbonyl (C=O) groups excluding carboxylic acids is 1. The molecule has 32 heavy (non-hydrogen) atoms. The molecule has 0 atom stereocenters. The van der Waals surface area contributed by atoms with Crippen LogP contribution in [0.3, 0.4) is 0 Å². The van der Waals surface area contributed by atoms with E-state index < -0.39 is 10.0 Å². The first-order chi connectivity index (χ1) is 15.4. The molecule has 1 N–H and O–H groups in total. The monoisotopic (exact) mass is 477 g/mol. The lowest BCUT2D eigenvalue weighted by Gasteiger charge is -2.27. The summed E-state index contributed by atoms with van der Waals surface area (Å²) in [7, 11) is -3.65. The second-order valence-corrected chi connectivity index (χ2v) is 11.5. The summed E-state index contributed by atoms with van der Waals surface area (Å²) < 4.78 is 33.1.